The summed E-state index contributed by atoms with van der Waals surface area (Å²) >= 11 is 0. The Morgan fingerprint density at radius 3 is 2.52 bits per heavy atom. The molecule has 2 aromatic rings. The summed E-state index contributed by atoms with van der Waals surface area (Å²) in [7, 11) is 0. The summed E-state index contributed by atoms with van der Waals surface area (Å²) in [6.45, 7) is 6.32. The molecule has 0 fully saturated rings. The fourth-order valence-electron chi connectivity index (χ4n) is 3.19. The predicted molar refractivity (Wildman–Crippen MR) is 106 cm³/mol. The second-order valence-corrected chi connectivity index (χ2v) is 7.42. The highest BCUT2D eigenvalue weighted by atomic mass is 16.5. The predicted octanol–water partition coefficient (Wildman–Crippen LogP) is 3.85. The van der Waals surface area contributed by atoms with Gasteiger partial charge in [0.25, 0.3) is 5.91 Å². The number of rotatable bonds is 6. The summed E-state index contributed by atoms with van der Waals surface area (Å²) < 4.78 is 5.68. The minimum atomic E-state index is -0.819. The van der Waals surface area contributed by atoms with E-state index in [2.05, 4.69) is 36.6 Å². The van der Waals surface area contributed by atoms with E-state index in [-0.39, 0.29) is 24.3 Å². The molecular formula is C22H26N2O3. The quantitative estimate of drug-likeness (QED) is 0.816. The molecule has 5 nitrogen and oxygen atoms in total. The minimum Gasteiger partial charge on any atom is -0.478 e. The number of carbonyl (C=O) groups excluding carboxylic acids is 2. The molecule has 142 valence electrons. The fraction of sp³-hybridized carbons (Fsp3) is 0.364. The molecule has 2 atom stereocenters. The van der Waals surface area contributed by atoms with Crippen LogP contribution < -0.4 is 15.4 Å². The van der Waals surface area contributed by atoms with Crippen molar-refractivity contribution in [1.29, 1.82) is 0 Å². The van der Waals surface area contributed by atoms with Crippen molar-refractivity contribution in [2.75, 3.05) is 5.32 Å². The first-order chi connectivity index (χ1) is 12.9. The summed E-state index contributed by atoms with van der Waals surface area (Å²) in [5, 5.41) is 5.73. The Bertz CT molecular complexity index is 815. The molecule has 2 N–H and O–H groups in total. The van der Waals surface area contributed by atoms with Crippen LogP contribution in [0.2, 0.25) is 0 Å². The van der Waals surface area contributed by atoms with Crippen molar-refractivity contribution >= 4 is 17.5 Å². The molecule has 2 aromatic carbocycles. The van der Waals surface area contributed by atoms with Gasteiger partial charge in [-0.25, -0.2) is 0 Å². The molecule has 3 rings (SSSR count). The normalized spacial score (nSPS) is 16.9. The molecule has 0 saturated heterocycles. The number of amides is 2. The van der Waals surface area contributed by atoms with E-state index in [0.29, 0.717) is 17.4 Å². The Labute approximate surface area is 160 Å². The van der Waals surface area contributed by atoms with Gasteiger partial charge in [0.15, 0.2) is 6.10 Å². The summed E-state index contributed by atoms with van der Waals surface area (Å²) in [5.41, 5.74) is 2.96. The molecule has 1 aliphatic rings. The van der Waals surface area contributed by atoms with Crippen molar-refractivity contribution in [3.05, 3.63) is 59.7 Å². The number of carbonyl (C=O) groups is 2. The van der Waals surface area contributed by atoms with Gasteiger partial charge in [0.2, 0.25) is 5.91 Å². The van der Waals surface area contributed by atoms with Crippen molar-refractivity contribution in [3.8, 4) is 5.75 Å². The Balaban J connectivity index is 1.56. The van der Waals surface area contributed by atoms with Crippen molar-refractivity contribution < 1.29 is 14.3 Å². The summed E-state index contributed by atoms with van der Waals surface area (Å²) in [5.74, 6) is 0.686. The van der Waals surface area contributed by atoms with Gasteiger partial charge in [-0.2, -0.15) is 0 Å². The number of nitrogens with one attached hydrogen (secondary N) is 2. The van der Waals surface area contributed by atoms with Crippen LogP contribution in [0.25, 0.3) is 0 Å². The zero-order valence-corrected chi connectivity index (χ0v) is 16.0. The molecule has 0 bridgehead atoms. The monoisotopic (exact) mass is 366 g/mol. The van der Waals surface area contributed by atoms with Gasteiger partial charge in [0.05, 0.1) is 18.2 Å². The van der Waals surface area contributed by atoms with Gasteiger partial charge in [-0.3, -0.25) is 9.59 Å². The Kier molecular flexibility index (Phi) is 5.79. The zero-order valence-electron chi connectivity index (χ0n) is 16.0. The highest BCUT2D eigenvalue weighted by Gasteiger charge is 2.29. The van der Waals surface area contributed by atoms with Crippen LogP contribution in [0.5, 0.6) is 5.75 Å². The molecule has 0 spiro atoms. The van der Waals surface area contributed by atoms with E-state index in [4.69, 9.17) is 4.74 Å². The van der Waals surface area contributed by atoms with E-state index in [9.17, 15) is 9.59 Å². The first-order valence-corrected chi connectivity index (χ1v) is 9.37. The van der Waals surface area contributed by atoms with Crippen LogP contribution >= 0.6 is 0 Å². The van der Waals surface area contributed by atoms with Crippen LogP contribution in [0.1, 0.15) is 44.4 Å². The van der Waals surface area contributed by atoms with Gasteiger partial charge in [-0.15, -0.1) is 0 Å². The number of benzene rings is 2. The van der Waals surface area contributed by atoms with E-state index < -0.39 is 6.10 Å². The molecule has 1 aliphatic heterocycles. The summed E-state index contributed by atoms with van der Waals surface area (Å²) in [6.07, 6.45) is 0.201. The molecule has 0 aromatic heterocycles. The van der Waals surface area contributed by atoms with Crippen molar-refractivity contribution in [2.24, 2.45) is 5.92 Å². The number of fused-ring (bicyclic) bond motifs is 1. The number of ether oxygens (including phenoxy) is 1. The molecule has 27 heavy (non-hydrogen) atoms. The van der Waals surface area contributed by atoms with Crippen molar-refractivity contribution in [3.63, 3.8) is 0 Å². The van der Waals surface area contributed by atoms with Crippen molar-refractivity contribution in [1.82, 2.24) is 5.32 Å². The van der Waals surface area contributed by atoms with E-state index in [1.807, 2.05) is 31.2 Å². The topological polar surface area (TPSA) is 67.4 Å². The highest BCUT2D eigenvalue weighted by molar-refractivity contribution is 5.99. The van der Waals surface area contributed by atoms with Gasteiger partial charge >= 0.3 is 0 Å². The van der Waals surface area contributed by atoms with Crippen LogP contribution in [-0.4, -0.2) is 17.9 Å². The maximum atomic E-state index is 12.4. The zero-order chi connectivity index (χ0) is 19.4. The average Bonchev–Trinajstić information content (AvgIpc) is 2.62. The Morgan fingerprint density at radius 1 is 1.11 bits per heavy atom. The van der Waals surface area contributed by atoms with Crippen LogP contribution in [0, 0.1) is 5.92 Å². The van der Waals surface area contributed by atoms with Gasteiger partial charge in [-0.1, -0.05) is 50.2 Å². The molecule has 5 heteroatoms. The average molecular weight is 366 g/mol. The number of hydrogen-bond donors (Lipinski definition) is 2. The van der Waals surface area contributed by atoms with Gasteiger partial charge < -0.3 is 15.4 Å². The number of hydrogen-bond acceptors (Lipinski definition) is 3. The van der Waals surface area contributed by atoms with Crippen molar-refractivity contribution in [2.45, 2.75) is 45.8 Å². The second kappa shape index (κ2) is 8.25. The van der Waals surface area contributed by atoms with Crippen LogP contribution in [0.4, 0.5) is 5.69 Å². The lowest BCUT2D eigenvalue weighted by Crippen LogP contribution is -2.41. The molecule has 0 unspecified atom stereocenters. The molecular weight excluding hydrogens is 340 g/mol. The molecule has 1 heterocycles. The molecule has 0 saturated carbocycles. The second-order valence-electron chi connectivity index (χ2n) is 7.42. The first-order valence-electron chi connectivity index (χ1n) is 9.37. The van der Waals surface area contributed by atoms with Crippen LogP contribution in [-0.2, 0) is 16.0 Å². The Morgan fingerprint density at radius 2 is 1.81 bits per heavy atom. The molecule has 0 aliphatic carbocycles. The van der Waals surface area contributed by atoms with Crippen LogP contribution in [0.3, 0.4) is 0 Å². The third kappa shape index (κ3) is 4.88. The highest BCUT2D eigenvalue weighted by Crippen LogP contribution is 2.29. The number of para-hydroxylation sites is 2. The minimum absolute atomic E-state index is 0.0179. The summed E-state index contributed by atoms with van der Waals surface area (Å²) in [6, 6.07) is 15.4. The Hall–Kier alpha value is -2.82. The molecule has 2 amide bonds. The summed E-state index contributed by atoms with van der Waals surface area (Å²) in [4.78, 5) is 24.6. The maximum absolute atomic E-state index is 12.4. The van der Waals surface area contributed by atoms with E-state index in [1.54, 1.807) is 12.1 Å². The smallest absolute Gasteiger partial charge is 0.266 e. The van der Waals surface area contributed by atoms with E-state index in [1.165, 1.54) is 5.56 Å². The SMILES string of the molecule is CC(C)Cc1ccc([C@H](C)NC(=O)C[C@@H]2Oc3ccccc3NC2=O)cc1. The number of anilines is 1. The third-order valence-corrected chi connectivity index (χ3v) is 4.58. The van der Waals surface area contributed by atoms with Gasteiger partial charge in [-0.05, 0) is 42.5 Å². The lowest BCUT2D eigenvalue weighted by Gasteiger charge is -2.26. The third-order valence-electron chi connectivity index (χ3n) is 4.58. The van der Waals surface area contributed by atoms with Gasteiger partial charge in [0.1, 0.15) is 5.75 Å². The lowest BCUT2D eigenvalue weighted by atomic mass is 10.00. The lowest BCUT2D eigenvalue weighted by molar-refractivity contribution is -0.130. The largest absolute Gasteiger partial charge is 0.478 e. The van der Waals surface area contributed by atoms with Gasteiger partial charge in [0, 0.05) is 0 Å². The van der Waals surface area contributed by atoms with E-state index in [0.717, 1.165) is 12.0 Å². The standard InChI is InChI=1S/C22H26N2O3/c1-14(2)12-16-8-10-17(11-9-16)15(3)23-21(25)13-20-22(26)24-18-6-4-5-7-19(18)27-20/h4-11,14-15,20H,12-13H2,1-3H3,(H,23,25)(H,24,26)/t15-,20-/m0/s1. The van der Waals surface area contributed by atoms with E-state index >= 15 is 0 Å². The molecule has 0 radical (unpaired) electrons. The first kappa shape index (κ1) is 19.0. The fourth-order valence-corrected chi connectivity index (χ4v) is 3.19. The maximum Gasteiger partial charge on any atom is 0.266 e. The van der Waals surface area contributed by atoms with Crippen LogP contribution in [0.15, 0.2) is 48.5 Å².